The van der Waals surface area contributed by atoms with E-state index < -0.39 is 0 Å². The fourth-order valence-corrected chi connectivity index (χ4v) is 3.08. The molecule has 0 aromatic heterocycles. The van der Waals surface area contributed by atoms with Crippen LogP contribution in [0.1, 0.15) is 38.3 Å². The fraction of sp³-hybridized carbons (Fsp3) is 0.556. The van der Waals surface area contributed by atoms with E-state index in [4.69, 9.17) is 16.3 Å². The predicted octanol–water partition coefficient (Wildman–Crippen LogP) is 4.50. The molecule has 1 aromatic rings. The van der Waals surface area contributed by atoms with Gasteiger partial charge in [-0.2, -0.15) is 0 Å². The van der Waals surface area contributed by atoms with Crippen molar-refractivity contribution < 1.29 is 4.74 Å². The summed E-state index contributed by atoms with van der Waals surface area (Å²) >= 11 is 6.41. The highest BCUT2D eigenvalue weighted by molar-refractivity contribution is 6.31. The first-order chi connectivity index (χ1) is 10.1. The Morgan fingerprint density at radius 2 is 1.95 bits per heavy atom. The first kappa shape index (κ1) is 16.4. The van der Waals surface area contributed by atoms with Gasteiger partial charge in [-0.15, -0.1) is 0 Å². The predicted molar refractivity (Wildman–Crippen MR) is 90.5 cm³/mol. The van der Waals surface area contributed by atoms with Crippen LogP contribution >= 0.6 is 11.6 Å². The zero-order chi connectivity index (χ0) is 15.2. The molecule has 0 radical (unpaired) electrons. The van der Waals surface area contributed by atoms with Gasteiger partial charge in [0.15, 0.2) is 0 Å². The molecular weight excluding hydrogens is 282 g/mol. The first-order valence-corrected chi connectivity index (χ1v) is 8.28. The van der Waals surface area contributed by atoms with Crippen molar-refractivity contribution in [3.63, 3.8) is 0 Å². The van der Waals surface area contributed by atoms with E-state index >= 15 is 0 Å². The molecule has 2 rings (SSSR count). The average molecular weight is 308 g/mol. The number of halogens is 1. The molecule has 1 aliphatic rings. The van der Waals surface area contributed by atoms with E-state index in [9.17, 15) is 0 Å². The maximum Gasteiger partial charge on any atom is 0.123 e. The molecule has 3 heteroatoms. The van der Waals surface area contributed by atoms with Crippen LogP contribution < -0.4 is 4.74 Å². The average Bonchev–Trinajstić information content (AvgIpc) is 2.65. The van der Waals surface area contributed by atoms with E-state index in [1.807, 2.05) is 12.1 Å². The summed E-state index contributed by atoms with van der Waals surface area (Å²) in [6, 6.07) is 4.00. The Hall–Kier alpha value is -0.990. The third-order valence-corrected chi connectivity index (χ3v) is 4.31. The highest BCUT2D eigenvalue weighted by Crippen LogP contribution is 2.31. The standard InChI is InChI=1S/C18H26ClNO/c1-4-10-20-11-7-15-16(8-12-20)18(6-5-17(15)19)21-13-9-14(2)3/h5-6,9H,4,7-8,10-13H2,1-3H3. The quantitative estimate of drug-likeness (QED) is 0.743. The highest BCUT2D eigenvalue weighted by Gasteiger charge is 2.19. The molecule has 116 valence electrons. The van der Waals surface area contributed by atoms with Crippen LogP contribution in [0.5, 0.6) is 5.75 Å². The molecule has 1 aromatic carbocycles. The number of hydrogen-bond donors (Lipinski definition) is 0. The molecule has 0 unspecified atom stereocenters. The number of rotatable bonds is 5. The van der Waals surface area contributed by atoms with Gasteiger partial charge >= 0.3 is 0 Å². The summed E-state index contributed by atoms with van der Waals surface area (Å²) in [6.45, 7) is 10.4. The lowest BCUT2D eigenvalue weighted by molar-refractivity contribution is 0.287. The van der Waals surface area contributed by atoms with E-state index in [-0.39, 0.29) is 0 Å². The van der Waals surface area contributed by atoms with E-state index in [0.717, 1.165) is 36.7 Å². The Morgan fingerprint density at radius 1 is 1.24 bits per heavy atom. The molecule has 0 fully saturated rings. The van der Waals surface area contributed by atoms with Gasteiger partial charge in [-0.3, -0.25) is 0 Å². The Balaban J connectivity index is 2.17. The summed E-state index contributed by atoms with van der Waals surface area (Å²) in [4.78, 5) is 2.52. The van der Waals surface area contributed by atoms with Gasteiger partial charge in [0.05, 0.1) is 0 Å². The Labute approximate surface area is 133 Å². The van der Waals surface area contributed by atoms with Crippen molar-refractivity contribution in [1.29, 1.82) is 0 Å². The summed E-state index contributed by atoms with van der Waals surface area (Å²) in [5.74, 6) is 1.00. The Kier molecular flexibility index (Phi) is 6.13. The molecule has 0 atom stereocenters. The minimum absolute atomic E-state index is 0.634. The van der Waals surface area contributed by atoms with Crippen molar-refractivity contribution in [3.8, 4) is 5.75 Å². The van der Waals surface area contributed by atoms with E-state index in [1.165, 1.54) is 29.7 Å². The second-order valence-electron chi connectivity index (χ2n) is 5.94. The molecule has 0 saturated carbocycles. The van der Waals surface area contributed by atoms with Crippen molar-refractivity contribution in [2.24, 2.45) is 0 Å². The second kappa shape index (κ2) is 7.86. The van der Waals surface area contributed by atoms with Gasteiger partial charge in [-0.05, 0) is 63.4 Å². The van der Waals surface area contributed by atoms with Crippen molar-refractivity contribution >= 4 is 11.6 Å². The maximum absolute atomic E-state index is 6.41. The number of nitrogens with zero attached hydrogens (tertiary/aromatic N) is 1. The molecule has 1 heterocycles. The molecule has 0 bridgehead atoms. The maximum atomic E-state index is 6.41. The van der Waals surface area contributed by atoms with Crippen LogP contribution in [-0.4, -0.2) is 31.1 Å². The van der Waals surface area contributed by atoms with Gasteiger partial charge in [0.1, 0.15) is 12.4 Å². The fourth-order valence-electron chi connectivity index (χ4n) is 2.81. The number of allylic oxidation sites excluding steroid dienone is 1. The molecule has 21 heavy (non-hydrogen) atoms. The lowest BCUT2D eigenvalue weighted by Gasteiger charge is -2.18. The minimum Gasteiger partial charge on any atom is -0.489 e. The summed E-state index contributed by atoms with van der Waals surface area (Å²) in [5.41, 5.74) is 3.87. The molecular formula is C18H26ClNO. The van der Waals surface area contributed by atoms with E-state index in [1.54, 1.807) is 0 Å². The SMILES string of the molecule is CCCN1CCc2c(Cl)ccc(OCC=C(C)C)c2CC1. The van der Waals surface area contributed by atoms with Crippen molar-refractivity contribution in [3.05, 3.63) is 39.9 Å². The van der Waals surface area contributed by atoms with Gasteiger partial charge in [0.25, 0.3) is 0 Å². The van der Waals surface area contributed by atoms with Crippen LogP contribution in [0.2, 0.25) is 5.02 Å². The number of ether oxygens (including phenoxy) is 1. The molecule has 0 spiro atoms. The van der Waals surface area contributed by atoms with Crippen LogP contribution in [0, 0.1) is 0 Å². The lowest BCUT2D eigenvalue weighted by Crippen LogP contribution is -2.27. The number of benzene rings is 1. The zero-order valence-corrected chi connectivity index (χ0v) is 14.2. The second-order valence-corrected chi connectivity index (χ2v) is 6.34. The van der Waals surface area contributed by atoms with Crippen LogP contribution in [0.4, 0.5) is 0 Å². The molecule has 2 nitrogen and oxygen atoms in total. The topological polar surface area (TPSA) is 12.5 Å². The van der Waals surface area contributed by atoms with Crippen LogP contribution in [0.3, 0.4) is 0 Å². The third-order valence-electron chi connectivity index (χ3n) is 3.96. The number of fused-ring (bicyclic) bond motifs is 1. The summed E-state index contributed by atoms with van der Waals surface area (Å²) in [6.07, 6.45) is 5.36. The zero-order valence-electron chi connectivity index (χ0n) is 13.4. The van der Waals surface area contributed by atoms with Gasteiger partial charge in [-0.25, -0.2) is 0 Å². The molecule has 0 aliphatic carbocycles. The monoisotopic (exact) mass is 307 g/mol. The van der Waals surface area contributed by atoms with Gasteiger partial charge in [-0.1, -0.05) is 24.1 Å². The normalized spacial score (nSPS) is 15.2. The van der Waals surface area contributed by atoms with E-state index in [2.05, 4.69) is 31.7 Å². The van der Waals surface area contributed by atoms with Crippen LogP contribution in [0.15, 0.2) is 23.8 Å². The summed E-state index contributed by atoms with van der Waals surface area (Å²) in [7, 11) is 0. The van der Waals surface area contributed by atoms with Crippen LogP contribution in [-0.2, 0) is 12.8 Å². The Morgan fingerprint density at radius 3 is 2.62 bits per heavy atom. The first-order valence-electron chi connectivity index (χ1n) is 7.90. The molecule has 0 N–H and O–H groups in total. The summed E-state index contributed by atoms with van der Waals surface area (Å²) in [5, 5.41) is 0.887. The summed E-state index contributed by atoms with van der Waals surface area (Å²) < 4.78 is 5.97. The molecule has 1 aliphatic heterocycles. The third kappa shape index (κ3) is 4.49. The van der Waals surface area contributed by atoms with Gasteiger partial charge in [0.2, 0.25) is 0 Å². The minimum atomic E-state index is 0.634. The molecule has 0 saturated heterocycles. The van der Waals surface area contributed by atoms with Crippen molar-refractivity contribution in [2.45, 2.75) is 40.0 Å². The Bertz CT molecular complexity index is 506. The van der Waals surface area contributed by atoms with Gasteiger partial charge in [0, 0.05) is 23.7 Å². The van der Waals surface area contributed by atoms with E-state index in [0.29, 0.717) is 6.61 Å². The number of hydrogen-bond acceptors (Lipinski definition) is 2. The van der Waals surface area contributed by atoms with Gasteiger partial charge < -0.3 is 9.64 Å². The van der Waals surface area contributed by atoms with Crippen LogP contribution in [0.25, 0.3) is 0 Å². The lowest BCUT2D eigenvalue weighted by atomic mass is 10.0. The van der Waals surface area contributed by atoms with Crippen molar-refractivity contribution in [1.82, 2.24) is 4.90 Å². The largest absolute Gasteiger partial charge is 0.489 e. The smallest absolute Gasteiger partial charge is 0.123 e. The highest BCUT2D eigenvalue weighted by atomic mass is 35.5. The molecule has 0 amide bonds. The van der Waals surface area contributed by atoms with Crippen molar-refractivity contribution in [2.75, 3.05) is 26.2 Å².